The third-order valence-electron chi connectivity index (χ3n) is 2.87. The molecular weight excluding hydrogens is 394 g/mol. The first-order valence-corrected chi connectivity index (χ1v) is 7.87. The number of hydrogen-bond donors (Lipinski definition) is 3. The van der Waals surface area contributed by atoms with Crippen molar-refractivity contribution in [1.82, 2.24) is 9.97 Å². The summed E-state index contributed by atoms with van der Waals surface area (Å²) >= 11 is 8.51. The van der Waals surface area contributed by atoms with Crippen LogP contribution in [0.3, 0.4) is 0 Å². The van der Waals surface area contributed by atoms with Crippen LogP contribution in [0, 0.1) is 0 Å². The molecule has 4 N–H and O–H groups in total. The Bertz CT molecular complexity index is 785. The molecule has 3 aromatic rings. The van der Waals surface area contributed by atoms with Crippen LogP contribution in [0.25, 0.3) is 11.0 Å². The smallest absolute Gasteiger partial charge is 0.320 e. The van der Waals surface area contributed by atoms with Crippen molar-refractivity contribution in [2.75, 3.05) is 0 Å². The lowest BCUT2D eigenvalue weighted by molar-refractivity contribution is 0.895. The Hall–Kier alpha value is -0.890. The van der Waals surface area contributed by atoms with E-state index in [9.17, 15) is 4.79 Å². The van der Waals surface area contributed by atoms with Crippen molar-refractivity contribution < 1.29 is 0 Å². The minimum absolute atomic E-state index is 0.206. The number of imidazole rings is 1. The van der Waals surface area contributed by atoms with E-state index in [0.717, 1.165) is 29.7 Å². The Kier molecular flexibility index (Phi) is 3.38. The molecule has 1 atom stereocenters. The number of H-pyrrole nitrogens is 2. The summed E-state index contributed by atoms with van der Waals surface area (Å²) in [5.41, 5.74) is 8.58. The summed E-state index contributed by atoms with van der Waals surface area (Å²) in [4.78, 5) is 17.7. The summed E-state index contributed by atoms with van der Waals surface area (Å²) in [7, 11) is 0. The standard InChI is InChI=1S/C12H9Br2N3OS/c13-6-4-9(19-11(6)14)10(15)5-1-2-7-8(3-5)17-12(18)16-7/h1-4,10H,15H2,(H2,16,17,18). The zero-order valence-electron chi connectivity index (χ0n) is 9.54. The molecule has 0 saturated heterocycles. The van der Waals surface area contributed by atoms with Crippen LogP contribution in [-0.4, -0.2) is 9.97 Å². The molecule has 98 valence electrons. The fourth-order valence-corrected chi connectivity index (χ4v) is 4.04. The van der Waals surface area contributed by atoms with Gasteiger partial charge in [-0.1, -0.05) is 6.07 Å². The van der Waals surface area contributed by atoms with Gasteiger partial charge in [-0.05, 0) is 55.6 Å². The third-order valence-corrected chi connectivity index (χ3v) is 6.21. The highest BCUT2D eigenvalue weighted by Gasteiger charge is 2.14. The summed E-state index contributed by atoms with van der Waals surface area (Å²) < 4.78 is 2.02. The fraction of sp³-hybridized carbons (Fsp3) is 0.0833. The number of hydrogen-bond acceptors (Lipinski definition) is 3. The molecule has 0 fully saturated rings. The van der Waals surface area contributed by atoms with Crippen LogP contribution in [0.4, 0.5) is 0 Å². The van der Waals surface area contributed by atoms with E-state index in [1.807, 2.05) is 24.3 Å². The molecule has 0 amide bonds. The van der Waals surface area contributed by atoms with Crippen LogP contribution in [0.1, 0.15) is 16.5 Å². The minimum Gasteiger partial charge on any atom is -0.320 e. The maximum Gasteiger partial charge on any atom is 0.323 e. The van der Waals surface area contributed by atoms with Gasteiger partial charge in [0.1, 0.15) is 0 Å². The highest BCUT2D eigenvalue weighted by molar-refractivity contribution is 9.13. The first kappa shape index (κ1) is 13.1. The number of aromatic amines is 2. The van der Waals surface area contributed by atoms with E-state index in [4.69, 9.17) is 5.73 Å². The van der Waals surface area contributed by atoms with Gasteiger partial charge in [-0.2, -0.15) is 0 Å². The zero-order chi connectivity index (χ0) is 13.6. The van der Waals surface area contributed by atoms with Crippen LogP contribution < -0.4 is 11.4 Å². The summed E-state index contributed by atoms with van der Waals surface area (Å²) in [6.45, 7) is 0. The second-order valence-electron chi connectivity index (χ2n) is 4.13. The van der Waals surface area contributed by atoms with E-state index in [1.54, 1.807) is 11.3 Å². The number of fused-ring (bicyclic) bond motifs is 1. The maximum atomic E-state index is 11.2. The predicted molar refractivity (Wildman–Crippen MR) is 84.7 cm³/mol. The molecule has 7 heteroatoms. The first-order chi connectivity index (χ1) is 9.04. The third kappa shape index (κ3) is 2.43. The average Bonchev–Trinajstić information content (AvgIpc) is 2.90. The van der Waals surface area contributed by atoms with Gasteiger partial charge < -0.3 is 15.7 Å². The number of halogens is 2. The Morgan fingerprint density at radius 1 is 1.16 bits per heavy atom. The number of nitrogens with one attached hydrogen (secondary N) is 2. The lowest BCUT2D eigenvalue weighted by Crippen LogP contribution is -2.09. The number of nitrogens with two attached hydrogens (primary N) is 1. The van der Waals surface area contributed by atoms with Crippen molar-refractivity contribution in [2.45, 2.75) is 6.04 Å². The average molecular weight is 403 g/mol. The van der Waals surface area contributed by atoms with E-state index in [-0.39, 0.29) is 11.7 Å². The topological polar surface area (TPSA) is 74.7 Å². The Balaban J connectivity index is 2.05. The van der Waals surface area contributed by atoms with E-state index in [0.29, 0.717) is 0 Å². The molecule has 0 spiro atoms. The molecular formula is C12H9Br2N3OS. The van der Waals surface area contributed by atoms with Gasteiger partial charge in [-0.25, -0.2) is 4.79 Å². The highest BCUT2D eigenvalue weighted by atomic mass is 79.9. The molecule has 19 heavy (non-hydrogen) atoms. The van der Waals surface area contributed by atoms with E-state index in [1.165, 1.54) is 0 Å². The molecule has 0 aliphatic carbocycles. The summed E-state index contributed by atoms with van der Waals surface area (Å²) in [5.74, 6) is 0. The molecule has 0 bridgehead atoms. The molecule has 2 aromatic heterocycles. The summed E-state index contributed by atoms with van der Waals surface area (Å²) in [6.07, 6.45) is 0. The van der Waals surface area contributed by atoms with Crippen LogP contribution in [0.2, 0.25) is 0 Å². The lowest BCUT2D eigenvalue weighted by Gasteiger charge is -2.09. The van der Waals surface area contributed by atoms with Crippen LogP contribution in [0.5, 0.6) is 0 Å². The fourth-order valence-electron chi connectivity index (χ4n) is 1.92. The quantitative estimate of drug-likeness (QED) is 0.613. The monoisotopic (exact) mass is 401 g/mol. The molecule has 0 saturated carbocycles. The number of rotatable bonds is 2. The van der Waals surface area contributed by atoms with Crippen LogP contribution >= 0.6 is 43.2 Å². The van der Waals surface area contributed by atoms with E-state index < -0.39 is 0 Å². The van der Waals surface area contributed by atoms with Crippen molar-refractivity contribution in [1.29, 1.82) is 0 Å². The van der Waals surface area contributed by atoms with Gasteiger partial charge in [-0.15, -0.1) is 11.3 Å². The zero-order valence-corrected chi connectivity index (χ0v) is 13.5. The second kappa shape index (κ2) is 4.90. The van der Waals surface area contributed by atoms with Gasteiger partial charge in [0.05, 0.1) is 20.9 Å². The minimum atomic E-state index is -0.213. The molecule has 0 aliphatic heterocycles. The van der Waals surface area contributed by atoms with Gasteiger partial charge in [-0.3, -0.25) is 0 Å². The Morgan fingerprint density at radius 2 is 1.89 bits per heavy atom. The first-order valence-electron chi connectivity index (χ1n) is 5.47. The van der Waals surface area contributed by atoms with Gasteiger partial charge >= 0.3 is 5.69 Å². The molecule has 2 heterocycles. The molecule has 0 radical (unpaired) electrons. The lowest BCUT2D eigenvalue weighted by atomic mass is 10.1. The van der Waals surface area contributed by atoms with E-state index >= 15 is 0 Å². The molecule has 3 rings (SSSR count). The number of benzene rings is 1. The van der Waals surface area contributed by atoms with Gasteiger partial charge in [0.2, 0.25) is 0 Å². The summed E-state index contributed by atoms with van der Waals surface area (Å²) in [5, 5.41) is 0. The van der Waals surface area contributed by atoms with Crippen molar-refractivity contribution in [3.8, 4) is 0 Å². The SMILES string of the molecule is NC(c1ccc2[nH]c(=O)[nH]c2c1)c1cc(Br)c(Br)s1. The summed E-state index contributed by atoms with van der Waals surface area (Å²) in [6, 6.07) is 7.48. The largest absolute Gasteiger partial charge is 0.323 e. The van der Waals surface area contributed by atoms with Crippen molar-refractivity contribution in [2.24, 2.45) is 5.73 Å². The Morgan fingerprint density at radius 3 is 2.58 bits per heavy atom. The van der Waals surface area contributed by atoms with Gasteiger partial charge in [0, 0.05) is 9.35 Å². The normalized spacial score (nSPS) is 13.0. The molecule has 1 aromatic carbocycles. The number of thiophene rings is 1. The second-order valence-corrected chi connectivity index (χ2v) is 7.39. The highest BCUT2D eigenvalue weighted by Crippen LogP contribution is 2.36. The Labute approximate surface area is 129 Å². The van der Waals surface area contributed by atoms with Crippen molar-refractivity contribution in [3.63, 3.8) is 0 Å². The number of aromatic nitrogens is 2. The predicted octanol–water partition coefficient (Wildman–Crippen LogP) is 3.49. The van der Waals surface area contributed by atoms with Crippen LogP contribution in [0.15, 0.2) is 37.3 Å². The van der Waals surface area contributed by atoms with Crippen molar-refractivity contribution >= 4 is 54.2 Å². The van der Waals surface area contributed by atoms with Crippen LogP contribution in [-0.2, 0) is 0 Å². The molecule has 0 aliphatic rings. The maximum absolute atomic E-state index is 11.2. The van der Waals surface area contributed by atoms with E-state index in [2.05, 4.69) is 41.8 Å². The van der Waals surface area contributed by atoms with Gasteiger partial charge in [0.25, 0.3) is 0 Å². The van der Waals surface area contributed by atoms with Gasteiger partial charge in [0.15, 0.2) is 0 Å². The molecule has 4 nitrogen and oxygen atoms in total. The van der Waals surface area contributed by atoms with Crippen molar-refractivity contribution in [3.05, 3.63) is 53.4 Å². The molecule has 1 unspecified atom stereocenters.